The maximum Gasteiger partial charge on any atom is 0.261 e. The number of rotatable bonds is 48. The average molecular weight is 781 g/mol. The molecule has 1 heteroatoms. The first-order valence-corrected chi connectivity index (χ1v) is 28.7. The zero-order valence-electron chi connectivity index (χ0n) is 38.9. The second-order valence-corrected chi connectivity index (χ2v) is 21.5. The van der Waals surface area contributed by atoms with E-state index in [1.165, 1.54) is 250 Å². The lowest BCUT2D eigenvalue weighted by Gasteiger charge is -2.12. The third-order valence-corrected chi connectivity index (χ3v) is 16.0. The van der Waals surface area contributed by atoms with Gasteiger partial charge in [-0.2, -0.15) is 0 Å². The van der Waals surface area contributed by atoms with Gasteiger partial charge in [0.25, 0.3) is 14.1 Å². The largest absolute Gasteiger partial charge is 0.261 e. The molecule has 0 aliphatic rings. The highest BCUT2D eigenvalue weighted by Gasteiger charge is 2.15. The van der Waals surface area contributed by atoms with Gasteiger partial charge in [-0.25, -0.2) is 0 Å². The van der Waals surface area contributed by atoms with E-state index in [-0.39, 0.29) is 0 Å². The van der Waals surface area contributed by atoms with Crippen LogP contribution in [0, 0.1) is 0 Å². The van der Waals surface area contributed by atoms with Crippen LogP contribution in [0.1, 0.15) is 290 Å². The summed E-state index contributed by atoms with van der Waals surface area (Å²) in [7, 11) is 0. The Bertz CT molecular complexity index is 648. The van der Waals surface area contributed by atoms with Crippen LogP contribution in [0.4, 0.5) is 0 Å². The molecule has 0 bridgehead atoms. The predicted octanol–water partition coefficient (Wildman–Crippen LogP) is 20.6. The van der Waals surface area contributed by atoms with Crippen LogP contribution >= 0.6 is 0 Å². The lowest BCUT2D eigenvalue weighted by atomic mass is 10.1. The Hall–Kier alpha value is -0.248. The zero-order chi connectivity index (χ0) is 39.6. The number of hydrogen-bond donors (Lipinski definition) is 0. The van der Waals surface area contributed by atoms with Crippen LogP contribution in [0.3, 0.4) is 0 Å². The molecule has 0 aromatic heterocycles. The Morgan fingerprint density at radius 2 is 0.364 bits per heavy atom. The molecule has 0 atom stereocenters. The van der Waals surface area contributed by atoms with Gasteiger partial charge in [0.2, 0.25) is 0 Å². The van der Waals surface area contributed by atoms with Gasteiger partial charge in [0.05, 0.1) is 0 Å². The van der Waals surface area contributed by atoms with Crippen LogP contribution in [-0.4, -0.2) is 14.1 Å². The molecule has 324 valence electrons. The van der Waals surface area contributed by atoms with E-state index in [1.54, 1.807) is 35.1 Å². The summed E-state index contributed by atoms with van der Waals surface area (Å²) in [4.78, 5) is 0. The van der Waals surface area contributed by atoms with Gasteiger partial charge in [0.1, 0.15) is 0 Å². The number of hydrogen-bond acceptors (Lipinski definition) is 0. The van der Waals surface area contributed by atoms with Gasteiger partial charge < -0.3 is 0 Å². The number of allylic oxidation sites excluding steroid dienone is 6. The Morgan fingerprint density at radius 1 is 0.200 bits per heavy atom. The quantitative estimate of drug-likeness (QED) is 0.0328. The highest BCUT2D eigenvalue weighted by molar-refractivity contribution is 6.58. The number of unbranched alkanes of at least 4 members (excludes halogenated alkanes) is 36. The Balaban J connectivity index is 4.05. The summed E-state index contributed by atoms with van der Waals surface area (Å²) in [6, 6.07) is 0. The topological polar surface area (TPSA) is 0 Å². The van der Waals surface area contributed by atoms with Crippen molar-refractivity contribution in [1.29, 1.82) is 0 Å². The minimum Gasteiger partial charge on any atom is -0.0939 e. The SMILES string of the molecule is CCCCCCCCC=CCCCCCCC[CH2][Al]([CH2]CCCCCCCC=CCCCCCCCC)[CH2]CCCCCCCC=CCCCCCCCC. The van der Waals surface area contributed by atoms with E-state index >= 15 is 0 Å². The van der Waals surface area contributed by atoms with E-state index in [4.69, 9.17) is 0 Å². The Labute approximate surface area is 355 Å². The molecule has 0 aliphatic heterocycles. The van der Waals surface area contributed by atoms with Crippen LogP contribution in [0.5, 0.6) is 0 Å². The van der Waals surface area contributed by atoms with Crippen molar-refractivity contribution < 1.29 is 0 Å². The molecule has 0 radical (unpaired) electrons. The smallest absolute Gasteiger partial charge is 0.0939 e. The summed E-state index contributed by atoms with van der Waals surface area (Å²) < 4.78 is 0. The molecule has 55 heavy (non-hydrogen) atoms. The third-order valence-electron chi connectivity index (χ3n) is 12.4. The van der Waals surface area contributed by atoms with Crippen LogP contribution in [0.25, 0.3) is 0 Å². The molecule has 0 heterocycles. The van der Waals surface area contributed by atoms with Gasteiger partial charge >= 0.3 is 0 Å². The minimum absolute atomic E-state index is 0.540. The van der Waals surface area contributed by atoms with Crippen molar-refractivity contribution in [2.75, 3.05) is 0 Å². The highest BCUT2D eigenvalue weighted by Crippen LogP contribution is 2.21. The molecule has 0 aromatic rings. The van der Waals surface area contributed by atoms with Crippen LogP contribution in [0.15, 0.2) is 36.5 Å². The maximum atomic E-state index is 2.48. The summed E-state index contributed by atoms with van der Waals surface area (Å²) in [5, 5.41) is 4.95. The van der Waals surface area contributed by atoms with Crippen molar-refractivity contribution in [3.05, 3.63) is 36.5 Å². The fraction of sp³-hybridized carbons (Fsp3) is 0.889. The normalized spacial score (nSPS) is 12.1. The molecule has 0 aliphatic carbocycles. The van der Waals surface area contributed by atoms with Crippen molar-refractivity contribution in [2.24, 2.45) is 0 Å². The van der Waals surface area contributed by atoms with Crippen molar-refractivity contribution >= 4 is 14.1 Å². The predicted molar refractivity (Wildman–Crippen MR) is 259 cm³/mol. The van der Waals surface area contributed by atoms with E-state index in [9.17, 15) is 0 Å². The van der Waals surface area contributed by atoms with E-state index in [0.717, 1.165) is 0 Å². The molecule has 0 N–H and O–H groups in total. The van der Waals surface area contributed by atoms with E-state index in [2.05, 4.69) is 57.2 Å². The van der Waals surface area contributed by atoms with Gasteiger partial charge in [0.15, 0.2) is 0 Å². The zero-order valence-corrected chi connectivity index (χ0v) is 40.0. The molecule has 0 nitrogen and oxygen atoms in total. The van der Waals surface area contributed by atoms with Gasteiger partial charge in [-0.1, -0.05) is 266 Å². The van der Waals surface area contributed by atoms with E-state index in [0.29, 0.717) is 0 Å². The summed E-state index contributed by atoms with van der Waals surface area (Å²) in [5.41, 5.74) is 0. The standard InChI is InChI=1S/3C18H35.Al/c3*1-3-5-7-9-11-13-15-17-18-16-14-12-10-8-6-4-2;/h3*17-18H,1,3-16H2,2H3;. The van der Waals surface area contributed by atoms with Gasteiger partial charge in [-0.15, -0.1) is 0 Å². The Morgan fingerprint density at radius 3 is 0.564 bits per heavy atom. The molecule has 0 fully saturated rings. The second kappa shape index (κ2) is 51.8. The molecule has 0 saturated carbocycles. The van der Waals surface area contributed by atoms with Crippen molar-refractivity contribution in [3.63, 3.8) is 0 Å². The van der Waals surface area contributed by atoms with Gasteiger partial charge in [0, 0.05) is 0 Å². The van der Waals surface area contributed by atoms with E-state index in [1.807, 2.05) is 0 Å². The first kappa shape index (κ1) is 54.8. The molecule has 0 spiro atoms. The minimum atomic E-state index is -0.540. The molecule has 0 amide bonds. The van der Waals surface area contributed by atoms with Crippen LogP contribution in [0.2, 0.25) is 15.8 Å². The van der Waals surface area contributed by atoms with Crippen molar-refractivity contribution in [3.8, 4) is 0 Å². The van der Waals surface area contributed by atoms with Crippen molar-refractivity contribution in [2.45, 2.75) is 306 Å². The van der Waals surface area contributed by atoms with Gasteiger partial charge in [-0.05, 0) is 77.0 Å². The monoisotopic (exact) mass is 781 g/mol. The average Bonchev–Trinajstić information content (AvgIpc) is 3.20. The van der Waals surface area contributed by atoms with Crippen LogP contribution < -0.4 is 0 Å². The first-order valence-electron chi connectivity index (χ1n) is 26.3. The van der Waals surface area contributed by atoms with Crippen LogP contribution in [-0.2, 0) is 0 Å². The summed E-state index contributed by atoms with van der Waals surface area (Å²) >= 11 is -0.540. The maximum absolute atomic E-state index is 2.48. The fourth-order valence-corrected chi connectivity index (χ4v) is 11.9. The second-order valence-electron chi connectivity index (χ2n) is 18.0. The summed E-state index contributed by atoms with van der Waals surface area (Å²) in [5.74, 6) is 0. The third kappa shape index (κ3) is 49.8. The molecule has 0 aromatic carbocycles. The molecule has 0 saturated heterocycles. The fourth-order valence-electron chi connectivity index (χ4n) is 8.47. The molecule has 0 rings (SSSR count). The first-order chi connectivity index (χ1) is 27.3. The summed E-state index contributed by atoms with van der Waals surface area (Å²) in [6.07, 6.45) is 74.9. The lowest BCUT2D eigenvalue weighted by molar-refractivity contribution is 0.597. The molecule has 0 unspecified atom stereocenters. The lowest BCUT2D eigenvalue weighted by Crippen LogP contribution is -2.12. The molecular weight excluding hydrogens is 676 g/mol. The Kier molecular flexibility index (Phi) is 51.5. The highest BCUT2D eigenvalue weighted by atomic mass is 27.2. The van der Waals surface area contributed by atoms with Gasteiger partial charge in [-0.3, -0.25) is 0 Å². The summed E-state index contributed by atoms with van der Waals surface area (Å²) in [6.45, 7) is 6.93. The van der Waals surface area contributed by atoms with E-state index < -0.39 is 14.1 Å². The molecular formula is C54H105Al. The van der Waals surface area contributed by atoms with Crippen molar-refractivity contribution in [1.82, 2.24) is 0 Å².